The average molecular weight is 495 g/mol. The summed E-state index contributed by atoms with van der Waals surface area (Å²) in [5, 5.41) is 15.5. The fourth-order valence-corrected chi connectivity index (χ4v) is 3.87. The summed E-state index contributed by atoms with van der Waals surface area (Å²) in [7, 11) is 1.53. The third-order valence-corrected chi connectivity index (χ3v) is 5.54. The Bertz CT molecular complexity index is 1480. The molecule has 0 saturated carbocycles. The molecule has 0 aliphatic rings. The smallest absolute Gasteiger partial charge is 0.262 e. The van der Waals surface area contributed by atoms with Gasteiger partial charge in [-0.2, -0.15) is 5.26 Å². The van der Waals surface area contributed by atoms with Crippen LogP contribution in [-0.4, -0.2) is 30.1 Å². The van der Waals surface area contributed by atoms with E-state index in [1.54, 1.807) is 48.5 Å². The molecule has 4 rings (SSSR count). The van der Waals surface area contributed by atoms with Crippen LogP contribution in [0.4, 0.5) is 11.4 Å². The highest BCUT2D eigenvalue weighted by Gasteiger charge is 2.09. The normalized spacial score (nSPS) is 10.7. The number of methoxy groups -OCH3 is 1. The first-order valence-electron chi connectivity index (χ1n) is 11.7. The third-order valence-electron chi connectivity index (χ3n) is 5.54. The lowest BCUT2D eigenvalue weighted by Crippen LogP contribution is -2.20. The first-order valence-corrected chi connectivity index (χ1v) is 11.7. The number of fused-ring (bicyclic) bond motifs is 1. The SMILES string of the molecule is COc1ccccc1OCC(=O)Nc1cccc(NC(=O)/C=C/c2cn(CCC#N)c3ccccc23)c1. The summed E-state index contributed by atoms with van der Waals surface area (Å²) in [4.78, 5) is 24.9. The van der Waals surface area contributed by atoms with Crippen molar-refractivity contribution in [1.29, 1.82) is 5.26 Å². The Kier molecular flexibility index (Phi) is 8.19. The molecule has 0 aliphatic heterocycles. The zero-order valence-electron chi connectivity index (χ0n) is 20.3. The summed E-state index contributed by atoms with van der Waals surface area (Å²) in [6.45, 7) is 0.390. The molecule has 3 aromatic carbocycles. The number of anilines is 2. The maximum atomic E-state index is 12.6. The first kappa shape index (κ1) is 25.1. The van der Waals surface area contributed by atoms with Crippen LogP contribution in [0.25, 0.3) is 17.0 Å². The van der Waals surface area contributed by atoms with Gasteiger partial charge in [-0.1, -0.05) is 36.4 Å². The standard InChI is InChI=1S/C29H26N4O4/c1-36-26-12-4-5-13-27(26)37-20-29(35)32-23-9-6-8-22(18-23)31-28(34)15-14-21-19-33(17-7-16-30)25-11-3-2-10-24(21)25/h2-6,8-15,18-19H,7,17,20H2,1H3,(H,31,34)(H,32,35)/b15-14+. The van der Waals surface area contributed by atoms with Crippen molar-refractivity contribution in [3.8, 4) is 17.6 Å². The predicted octanol–water partition coefficient (Wildman–Crippen LogP) is 5.23. The number of carbonyl (C=O) groups excluding carboxylic acids is 2. The van der Waals surface area contributed by atoms with Crippen molar-refractivity contribution in [2.75, 3.05) is 24.4 Å². The maximum absolute atomic E-state index is 12.6. The van der Waals surface area contributed by atoms with Gasteiger partial charge in [0.1, 0.15) is 0 Å². The number of para-hydroxylation sites is 3. The van der Waals surface area contributed by atoms with Gasteiger partial charge in [-0.05, 0) is 42.5 Å². The molecule has 186 valence electrons. The second-order valence-electron chi connectivity index (χ2n) is 8.09. The van der Waals surface area contributed by atoms with Crippen molar-refractivity contribution in [3.05, 3.63) is 90.6 Å². The lowest BCUT2D eigenvalue weighted by molar-refractivity contribution is -0.118. The van der Waals surface area contributed by atoms with Crippen molar-refractivity contribution in [2.45, 2.75) is 13.0 Å². The van der Waals surface area contributed by atoms with Crippen LogP contribution in [0.3, 0.4) is 0 Å². The van der Waals surface area contributed by atoms with E-state index in [1.807, 2.05) is 41.1 Å². The number of nitrogens with one attached hydrogen (secondary N) is 2. The van der Waals surface area contributed by atoms with Crippen molar-refractivity contribution in [3.63, 3.8) is 0 Å². The number of nitriles is 1. The molecular weight excluding hydrogens is 468 g/mol. The minimum absolute atomic E-state index is 0.193. The summed E-state index contributed by atoms with van der Waals surface area (Å²) in [6.07, 6.45) is 5.56. The lowest BCUT2D eigenvalue weighted by Gasteiger charge is -2.11. The van der Waals surface area contributed by atoms with Crippen LogP contribution >= 0.6 is 0 Å². The molecule has 0 saturated heterocycles. The molecule has 0 spiro atoms. The van der Waals surface area contributed by atoms with E-state index >= 15 is 0 Å². The van der Waals surface area contributed by atoms with Crippen molar-refractivity contribution < 1.29 is 19.1 Å². The lowest BCUT2D eigenvalue weighted by atomic mass is 10.1. The number of nitrogens with zero attached hydrogens (tertiary/aromatic N) is 2. The highest BCUT2D eigenvalue weighted by Crippen LogP contribution is 2.26. The van der Waals surface area contributed by atoms with Gasteiger partial charge in [0.05, 0.1) is 19.6 Å². The molecule has 0 aliphatic carbocycles. The third kappa shape index (κ3) is 6.55. The van der Waals surface area contributed by atoms with Crippen LogP contribution in [0.15, 0.2) is 85.1 Å². The molecule has 4 aromatic rings. The maximum Gasteiger partial charge on any atom is 0.262 e. The van der Waals surface area contributed by atoms with Crippen LogP contribution in [-0.2, 0) is 16.1 Å². The monoisotopic (exact) mass is 494 g/mol. The summed E-state index contributed by atoms with van der Waals surface area (Å²) in [6, 6.07) is 24.0. The second-order valence-corrected chi connectivity index (χ2v) is 8.09. The Morgan fingerprint density at radius 1 is 0.973 bits per heavy atom. The summed E-state index contributed by atoms with van der Waals surface area (Å²) in [5.41, 5.74) is 2.96. The number of rotatable bonds is 10. The molecule has 2 N–H and O–H groups in total. The van der Waals surface area contributed by atoms with Crippen LogP contribution in [0.2, 0.25) is 0 Å². The number of ether oxygens (including phenoxy) is 2. The van der Waals surface area contributed by atoms with Gasteiger partial charge in [0.25, 0.3) is 5.91 Å². The fourth-order valence-electron chi connectivity index (χ4n) is 3.87. The number of hydrogen-bond acceptors (Lipinski definition) is 5. The molecule has 2 amide bonds. The van der Waals surface area contributed by atoms with Gasteiger partial charge in [-0.3, -0.25) is 9.59 Å². The van der Waals surface area contributed by atoms with E-state index < -0.39 is 0 Å². The van der Waals surface area contributed by atoms with E-state index in [0.717, 1.165) is 16.5 Å². The molecule has 1 heterocycles. The molecule has 37 heavy (non-hydrogen) atoms. The molecular formula is C29H26N4O4. The van der Waals surface area contributed by atoms with Gasteiger partial charge in [0, 0.05) is 46.7 Å². The number of hydrogen-bond donors (Lipinski definition) is 2. The van der Waals surface area contributed by atoms with E-state index in [9.17, 15) is 9.59 Å². The van der Waals surface area contributed by atoms with Gasteiger partial charge in [-0.15, -0.1) is 0 Å². The topological polar surface area (TPSA) is 105 Å². The van der Waals surface area contributed by atoms with Crippen molar-refractivity contribution in [2.24, 2.45) is 0 Å². The Balaban J connectivity index is 1.36. The molecule has 1 aromatic heterocycles. The summed E-state index contributed by atoms with van der Waals surface area (Å²) >= 11 is 0. The Morgan fingerprint density at radius 2 is 1.70 bits per heavy atom. The largest absolute Gasteiger partial charge is 0.493 e. The van der Waals surface area contributed by atoms with E-state index in [4.69, 9.17) is 14.7 Å². The number of aryl methyl sites for hydroxylation is 1. The van der Waals surface area contributed by atoms with Gasteiger partial charge in [0.15, 0.2) is 18.1 Å². The van der Waals surface area contributed by atoms with E-state index in [-0.39, 0.29) is 18.4 Å². The van der Waals surface area contributed by atoms with Crippen LogP contribution < -0.4 is 20.1 Å². The van der Waals surface area contributed by atoms with Gasteiger partial charge < -0.3 is 24.7 Å². The zero-order valence-corrected chi connectivity index (χ0v) is 20.3. The van der Waals surface area contributed by atoms with Crippen molar-refractivity contribution >= 4 is 40.2 Å². The minimum atomic E-state index is -0.345. The number of benzene rings is 3. The van der Waals surface area contributed by atoms with E-state index in [1.165, 1.54) is 13.2 Å². The highest BCUT2D eigenvalue weighted by molar-refractivity contribution is 6.04. The predicted molar refractivity (Wildman–Crippen MR) is 143 cm³/mol. The van der Waals surface area contributed by atoms with Crippen LogP contribution in [0.1, 0.15) is 12.0 Å². The van der Waals surface area contributed by atoms with Gasteiger partial charge in [-0.25, -0.2) is 0 Å². The average Bonchev–Trinajstić information content (AvgIpc) is 3.27. The highest BCUT2D eigenvalue weighted by atomic mass is 16.5. The van der Waals surface area contributed by atoms with Gasteiger partial charge >= 0.3 is 0 Å². The van der Waals surface area contributed by atoms with Crippen LogP contribution in [0, 0.1) is 11.3 Å². The molecule has 8 heteroatoms. The Labute approximate surface area is 214 Å². The number of amides is 2. The Morgan fingerprint density at radius 3 is 2.49 bits per heavy atom. The van der Waals surface area contributed by atoms with Crippen molar-refractivity contribution in [1.82, 2.24) is 4.57 Å². The number of aromatic nitrogens is 1. The fraction of sp³-hybridized carbons (Fsp3) is 0.138. The Hall–Kier alpha value is -5.03. The zero-order chi connectivity index (χ0) is 26.0. The number of carbonyl (C=O) groups is 2. The molecule has 0 atom stereocenters. The summed E-state index contributed by atoms with van der Waals surface area (Å²) < 4.78 is 12.8. The molecule has 8 nitrogen and oxygen atoms in total. The minimum Gasteiger partial charge on any atom is -0.493 e. The summed E-state index contributed by atoms with van der Waals surface area (Å²) in [5.74, 6) is 0.361. The van der Waals surface area contributed by atoms with E-state index in [0.29, 0.717) is 35.8 Å². The second kappa shape index (κ2) is 12.1. The van der Waals surface area contributed by atoms with E-state index in [2.05, 4.69) is 16.7 Å². The quantitative estimate of drug-likeness (QED) is 0.294. The molecule has 0 bridgehead atoms. The molecule has 0 unspecified atom stereocenters. The van der Waals surface area contributed by atoms with Crippen LogP contribution in [0.5, 0.6) is 11.5 Å². The molecule has 0 radical (unpaired) electrons. The van der Waals surface area contributed by atoms with Gasteiger partial charge in [0.2, 0.25) is 5.91 Å². The molecule has 0 fully saturated rings. The first-order chi connectivity index (χ1) is 18.1.